The standard InChI is InChI=1S/C43H35N.C15H14.8C2H6.3CH4/c1-2-44(28-34-15-11-14-33-25-30-12-3-5-16-35(30)42(33)34)27-29-22-23-32-26-31-13-4-8-19-38(31)43(41(32)24-29)39-20-9-6-17-36(39)37-18-7-10-21-40(37)43;1-15(2)13-9-5-3-7-11(13)12-8-4-6-10-14(12)15;8*1-2;;;/h3-24H,2,25-28H2,1H3;3-10H,1-2H3;8*1-2H3;3*1H4. The highest BCUT2D eigenvalue weighted by Crippen LogP contribution is 2.59. The summed E-state index contributed by atoms with van der Waals surface area (Å²) in [7, 11) is 0. The summed E-state index contributed by atoms with van der Waals surface area (Å²) < 4.78 is 0. The highest BCUT2D eigenvalue weighted by atomic mass is 15.1. The van der Waals surface area contributed by atoms with Crippen LogP contribution in [-0.4, -0.2) is 11.4 Å². The van der Waals surface area contributed by atoms with Gasteiger partial charge in [0.1, 0.15) is 0 Å². The molecule has 12 rings (SSSR count). The maximum Gasteiger partial charge on any atom is 0.0719 e. The topological polar surface area (TPSA) is 3.24 Å². The number of hydrogen-bond acceptors (Lipinski definition) is 1. The summed E-state index contributed by atoms with van der Waals surface area (Å²) in [5.74, 6) is 0. The fourth-order valence-electron chi connectivity index (χ4n) is 11.3. The van der Waals surface area contributed by atoms with Crippen LogP contribution in [0, 0.1) is 0 Å². The molecule has 4 aliphatic rings. The lowest BCUT2D eigenvalue weighted by Crippen LogP contribution is -2.34. The van der Waals surface area contributed by atoms with Crippen molar-refractivity contribution < 1.29 is 0 Å². The van der Waals surface area contributed by atoms with Crippen molar-refractivity contribution in [2.24, 2.45) is 0 Å². The van der Waals surface area contributed by atoms with Crippen LogP contribution < -0.4 is 0 Å². The fourth-order valence-corrected chi connectivity index (χ4v) is 11.3. The van der Waals surface area contributed by atoms with Crippen LogP contribution in [0.2, 0.25) is 0 Å². The molecule has 78 heavy (non-hydrogen) atoms. The molecule has 0 radical (unpaired) electrons. The molecule has 1 nitrogen and oxygen atoms in total. The third kappa shape index (κ3) is 14.1. The van der Waals surface area contributed by atoms with E-state index in [1.165, 1.54) is 100 Å². The van der Waals surface area contributed by atoms with E-state index in [0.29, 0.717) is 0 Å². The summed E-state index contributed by atoms with van der Waals surface area (Å²) in [4.78, 5) is 2.61. The predicted molar refractivity (Wildman–Crippen MR) is 356 cm³/mol. The largest absolute Gasteiger partial charge is 0.295 e. The van der Waals surface area contributed by atoms with E-state index in [1.807, 2.05) is 111 Å². The van der Waals surface area contributed by atoms with E-state index in [0.717, 1.165) is 32.5 Å². The van der Waals surface area contributed by atoms with Gasteiger partial charge in [0.15, 0.2) is 0 Å². The van der Waals surface area contributed by atoms with Crippen molar-refractivity contribution in [1.29, 1.82) is 0 Å². The molecule has 0 saturated heterocycles. The quantitative estimate of drug-likeness (QED) is 0.166. The summed E-state index contributed by atoms with van der Waals surface area (Å²) in [5.41, 5.74) is 25.5. The van der Waals surface area contributed by atoms with Gasteiger partial charge in [-0.05, 0) is 120 Å². The molecule has 422 valence electrons. The Morgan fingerprint density at radius 3 is 1.17 bits per heavy atom. The first-order valence-corrected chi connectivity index (χ1v) is 29.5. The molecule has 0 N–H and O–H groups in total. The first-order chi connectivity index (χ1) is 37.0. The van der Waals surface area contributed by atoms with Gasteiger partial charge in [-0.2, -0.15) is 0 Å². The lowest BCUT2D eigenvalue weighted by molar-refractivity contribution is 0.271. The first-order valence-electron chi connectivity index (χ1n) is 29.5. The molecule has 8 aromatic carbocycles. The van der Waals surface area contributed by atoms with Crippen molar-refractivity contribution in [3.05, 3.63) is 249 Å². The number of hydrogen-bond donors (Lipinski definition) is 0. The van der Waals surface area contributed by atoms with Gasteiger partial charge in [-0.15, -0.1) is 0 Å². The van der Waals surface area contributed by atoms with Gasteiger partial charge in [-0.25, -0.2) is 0 Å². The van der Waals surface area contributed by atoms with Crippen LogP contribution >= 0.6 is 0 Å². The zero-order valence-corrected chi connectivity index (χ0v) is 50.3. The monoisotopic (exact) mass is 1050 g/mol. The van der Waals surface area contributed by atoms with E-state index >= 15 is 0 Å². The summed E-state index contributed by atoms with van der Waals surface area (Å²) in [5, 5.41) is 0. The molecule has 1 spiro atoms. The van der Waals surface area contributed by atoms with E-state index in [-0.39, 0.29) is 33.1 Å². The van der Waals surface area contributed by atoms with Gasteiger partial charge in [0.2, 0.25) is 0 Å². The van der Waals surface area contributed by atoms with Gasteiger partial charge in [0.25, 0.3) is 0 Å². The second-order valence-electron chi connectivity index (χ2n) is 17.5. The van der Waals surface area contributed by atoms with Crippen molar-refractivity contribution in [3.63, 3.8) is 0 Å². The third-order valence-electron chi connectivity index (χ3n) is 14.0. The van der Waals surface area contributed by atoms with Gasteiger partial charge in [-0.1, -0.05) is 336 Å². The first kappa shape index (κ1) is 71.7. The zero-order chi connectivity index (χ0) is 55.7. The fraction of sp³-hybridized carbons (Fsp3) is 0.377. The minimum Gasteiger partial charge on any atom is -0.295 e. The van der Waals surface area contributed by atoms with Gasteiger partial charge in [0.05, 0.1) is 5.41 Å². The molecule has 0 saturated carbocycles. The molecule has 0 aliphatic heterocycles. The van der Waals surface area contributed by atoms with Crippen molar-refractivity contribution in [2.75, 3.05) is 6.54 Å². The molecule has 0 aromatic heterocycles. The van der Waals surface area contributed by atoms with E-state index in [2.05, 4.69) is 208 Å². The van der Waals surface area contributed by atoms with Gasteiger partial charge >= 0.3 is 0 Å². The number of rotatable bonds is 5. The van der Waals surface area contributed by atoms with Crippen molar-refractivity contribution in [3.8, 4) is 33.4 Å². The second kappa shape index (κ2) is 36.0. The van der Waals surface area contributed by atoms with Crippen LogP contribution in [0.15, 0.2) is 182 Å². The highest BCUT2D eigenvalue weighted by Gasteiger charge is 2.49. The Balaban J connectivity index is 0.00000147. The van der Waals surface area contributed by atoms with E-state index in [1.54, 1.807) is 0 Å². The maximum atomic E-state index is 2.61. The predicted octanol–water partition coefficient (Wildman–Crippen LogP) is 23.7. The summed E-state index contributed by atoms with van der Waals surface area (Å²) in [6.07, 6.45) is 2.02. The molecular formula is C77H109N. The Bertz CT molecular complexity index is 2830. The SMILES string of the molecule is C.C.C.CC.CC.CC.CC.CC.CC.CC.CC.CC1(C)c2ccccc2-c2ccccc21.CCN(Cc1ccc2c(c1)C1(c3ccccc3C2)c2ccccc2-c2ccccc21)Cc1cccc2c1-c1ccccc1C2. The Morgan fingerprint density at radius 2 is 0.692 bits per heavy atom. The Kier molecular flexibility index (Phi) is 33.1. The van der Waals surface area contributed by atoms with Gasteiger partial charge < -0.3 is 0 Å². The molecule has 0 atom stereocenters. The normalized spacial score (nSPS) is 11.8. The minimum absolute atomic E-state index is 0. The molecule has 0 fully saturated rings. The molecular weight excluding hydrogens is 939 g/mol. The van der Waals surface area contributed by atoms with Crippen LogP contribution in [0.5, 0.6) is 0 Å². The number of benzene rings is 8. The maximum absolute atomic E-state index is 2.61. The van der Waals surface area contributed by atoms with Gasteiger partial charge in [-0.3, -0.25) is 4.90 Å². The molecule has 0 unspecified atom stereocenters. The smallest absolute Gasteiger partial charge is 0.0719 e. The molecule has 0 heterocycles. The van der Waals surface area contributed by atoms with E-state index in [4.69, 9.17) is 0 Å². The van der Waals surface area contributed by atoms with Crippen molar-refractivity contribution in [2.45, 2.75) is 191 Å². The Hall–Kier alpha value is -6.28. The Labute approximate surface area is 481 Å². The molecule has 8 aromatic rings. The van der Waals surface area contributed by atoms with E-state index < -0.39 is 0 Å². The average molecular weight is 1050 g/mol. The van der Waals surface area contributed by atoms with Crippen LogP contribution in [0.1, 0.15) is 221 Å². The molecule has 0 amide bonds. The van der Waals surface area contributed by atoms with Crippen LogP contribution in [0.4, 0.5) is 0 Å². The molecule has 1 heteroatoms. The summed E-state index contributed by atoms with van der Waals surface area (Å²) >= 11 is 0. The van der Waals surface area contributed by atoms with E-state index in [9.17, 15) is 0 Å². The van der Waals surface area contributed by atoms with Crippen molar-refractivity contribution >= 4 is 0 Å². The number of nitrogens with zero attached hydrogens (tertiary/aromatic N) is 1. The average Bonchev–Trinajstić information content (AvgIpc) is 4.16. The lowest BCUT2D eigenvalue weighted by atomic mass is 9.61. The van der Waals surface area contributed by atoms with Gasteiger partial charge in [0, 0.05) is 18.5 Å². The number of fused-ring (bicyclic) bond motifs is 15. The van der Waals surface area contributed by atoms with Crippen LogP contribution in [0.25, 0.3) is 33.4 Å². The van der Waals surface area contributed by atoms with Crippen LogP contribution in [0.3, 0.4) is 0 Å². The molecule has 0 bridgehead atoms. The zero-order valence-electron chi connectivity index (χ0n) is 50.3. The second-order valence-corrected chi connectivity index (χ2v) is 17.5. The molecule has 4 aliphatic carbocycles. The summed E-state index contributed by atoms with van der Waals surface area (Å²) in [6.45, 7) is 41.8. The lowest BCUT2D eigenvalue weighted by Gasteiger charge is -2.40. The highest BCUT2D eigenvalue weighted by molar-refractivity contribution is 5.88. The van der Waals surface area contributed by atoms with Crippen molar-refractivity contribution in [1.82, 2.24) is 4.90 Å². The third-order valence-corrected chi connectivity index (χ3v) is 14.0. The minimum atomic E-state index is -0.297. The van der Waals surface area contributed by atoms with Crippen LogP contribution in [-0.2, 0) is 36.8 Å². The summed E-state index contributed by atoms with van der Waals surface area (Å²) in [6, 6.07) is 68.1. The Morgan fingerprint density at radius 1 is 0.333 bits per heavy atom.